The summed E-state index contributed by atoms with van der Waals surface area (Å²) in [6.45, 7) is 3.40. The van der Waals surface area contributed by atoms with Crippen LogP contribution >= 0.6 is 0 Å². The fraction of sp³-hybridized carbons (Fsp3) is 0.318. The van der Waals surface area contributed by atoms with Gasteiger partial charge in [-0.05, 0) is 54.3 Å². The van der Waals surface area contributed by atoms with Gasteiger partial charge in [0.05, 0.1) is 11.6 Å². The summed E-state index contributed by atoms with van der Waals surface area (Å²) in [6.07, 6.45) is 2.14. The quantitative estimate of drug-likeness (QED) is 0.559. The van der Waals surface area contributed by atoms with Crippen molar-refractivity contribution in [1.82, 2.24) is 0 Å². The second kappa shape index (κ2) is 10.1. The van der Waals surface area contributed by atoms with E-state index in [0.717, 1.165) is 17.5 Å². The minimum absolute atomic E-state index is 0.292. The molecule has 7 heteroatoms. The molecular weight excluding hydrogens is 372 g/mol. The number of carboxylic acid groups (broad SMARTS) is 2. The Hall–Kier alpha value is -3.53. The molecule has 0 aliphatic carbocycles. The largest absolute Gasteiger partial charge is 0.481 e. The summed E-state index contributed by atoms with van der Waals surface area (Å²) in [7, 11) is 0. The molecule has 0 amide bonds. The molecule has 1 unspecified atom stereocenters. The normalized spacial score (nSPS) is 11.3. The summed E-state index contributed by atoms with van der Waals surface area (Å²) in [6, 6.07) is 11.0. The highest BCUT2D eigenvalue weighted by Gasteiger charge is 2.26. The number of nitriles is 1. The van der Waals surface area contributed by atoms with Crippen LogP contribution in [0.25, 0.3) is 0 Å². The summed E-state index contributed by atoms with van der Waals surface area (Å²) < 4.78 is 5.54. The van der Waals surface area contributed by atoms with Gasteiger partial charge in [-0.15, -0.1) is 0 Å². The van der Waals surface area contributed by atoms with Crippen molar-refractivity contribution >= 4 is 17.6 Å². The topological polar surface area (TPSA) is 120 Å². The van der Waals surface area contributed by atoms with Gasteiger partial charge in [0.1, 0.15) is 5.75 Å². The Labute approximate surface area is 169 Å². The molecule has 7 nitrogen and oxygen atoms in total. The van der Waals surface area contributed by atoms with Gasteiger partial charge in [-0.3, -0.25) is 0 Å². The van der Waals surface area contributed by atoms with E-state index >= 15 is 0 Å². The summed E-state index contributed by atoms with van der Waals surface area (Å²) in [5.74, 6) is -1.96. The fourth-order valence-electron chi connectivity index (χ4n) is 3.05. The standard InChI is InChI=1S/C22H24N2O5/c1-3-5-16-10-14(4-2)11-18(21(16)29-13-19(25)26)20(22(27)28)24-17-8-6-15(12-23)7-9-17/h6-11,20,24H,3-5,13H2,1-2H3,(H,25,26)(H,27,28). The highest BCUT2D eigenvalue weighted by molar-refractivity contribution is 5.81. The number of ether oxygens (including phenoxy) is 1. The van der Waals surface area contributed by atoms with E-state index in [1.165, 1.54) is 0 Å². The lowest BCUT2D eigenvalue weighted by Crippen LogP contribution is -2.23. The minimum Gasteiger partial charge on any atom is -0.481 e. The minimum atomic E-state index is -1.14. The monoisotopic (exact) mass is 396 g/mol. The van der Waals surface area contributed by atoms with E-state index in [-0.39, 0.29) is 0 Å². The first-order valence-corrected chi connectivity index (χ1v) is 9.39. The van der Waals surface area contributed by atoms with Crippen LogP contribution in [0, 0.1) is 11.3 Å². The number of nitrogens with zero attached hydrogens (tertiary/aromatic N) is 1. The van der Waals surface area contributed by atoms with Gasteiger partial charge in [0.2, 0.25) is 0 Å². The molecule has 3 N–H and O–H groups in total. The van der Waals surface area contributed by atoms with E-state index in [9.17, 15) is 14.7 Å². The molecule has 0 saturated heterocycles. The number of carboxylic acids is 2. The Bertz CT molecular complexity index is 916. The van der Waals surface area contributed by atoms with Crippen LogP contribution in [-0.4, -0.2) is 28.8 Å². The van der Waals surface area contributed by atoms with Crippen LogP contribution in [0.5, 0.6) is 5.75 Å². The summed E-state index contributed by atoms with van der Waals surface area (Å²) in [4.78, 5) is 23.1. The maximum atomic E-state index is 12.1. The number of nitrogens with one attached hydrogen (secondary N) is 1. The lowest BCUT2D eigenvalue weighted by Gasteiger charge is -2.22. The van der Waals surface area contributed by atoms with Crippen LogP contribution in [0.4, 0.5) is 5.69 Å². The van der Waals surface area contributed by atoms with E-state index in [0.29, 0.717) is 35.4 Å². The molecule has 0 heterocycles. The van der Waals surface area contributed by atoms with E-state index in [2.05, 4.69) is 5.32 Å². The van der Waals surface area contributed by atoms with E-state index in [4.69, 9.17) is 15.1 Å². The number of benzene rings is 2. The van der Waals surface area contributed by atoms with Crippen molar-refractivity contribution in [2.45, 2.75) is 39.2 Å². The number of carbonyl (C=O) groups is 2. The highest BCUT2D eigenvalue weighted by Crippen LogP contribution is 2.34. The smallest absolute Gasteiger partial charge is 0.341 e. The molecular formula is C22H24N2O5. The van der Waals surface area contributed by atoms with Crippen molar-refractivity contribution in [1.29, 1.82) is 5.26 Å². The van der Waals surface area contributed by atoms with Crippen molar-refractivity contribution in [3.05, 3.63) is 58.7 Å². The van der Waals surface area contributed by atoms with E-state index in [1.807, 2.05) is 26.0 Å². The third kappa shape index (κ3) is 5.72. The van der Waals surface area contributed by atoms with E-state index < -0.39 is 24.6 Å². The van der Waals surface area contributed by atoms with Gasteiger partial charge in [0, 0.05) is 11.3 Å². The first kappa shape index (κ1) is 21.8. The number of hydrogen-bond acceptors (Lipinski definition) is 5. The van der Waals surface area contributed by atoms with Gasteiger partial charge >= 0.3 is 11.9 Å². The number of rotatable bonds is 10. The fourth-order valence-corrected chi connectivity index (χ4v) is 3.05. The van der Waals surface area contributed by atoms with Crippen LogP contribution in [-0.2, 0) is 22.4 Å². The van der Waals surface area contributed by atoms with Crippen molar-refractivity contribution in [3.8, 4) is 11.8 Å². The Morgan fingerprint density at radius 1 is 1.17 bits per heavy atom. The molecule has 0 aliphatic heterocycles. The molecule has 0 saturated carbocycles. The maximum absolute atomic E-state index is 12.1. The van der Waals surface area contributed by atoms with Gasteiger partial charge in [0.25, 0.3) is 0 Å². The van der Waals surface area contributed by atoms with Gasteiger partial charge in [0.15, 0.2) is 12.6 Å². The zero-order valence-electron chi connectivity index (χ0n) is 16.4. The lowest BCUT2D eigenvalue weighted by atomic mass is 9.95. The Balaban J connectivity index is 2.54. The molecule has 152 valence electrons. The van der Waals surface area contributed by atoms with Gasteiger partial charge in [-0.1, -0.05) is 26.3 Å². The molecule has 0 aromatic heterocycles. The van der Waals surface area contributed by atoms with E-state index in [1.54, 1.807) is 30.3 Å². The van der Waals surface area contributed by atoms with Gasteiger partial charge < -0.3 is 20.3 Å². The summed E-state index contributed by atoms with van der Waals surface area (Å²) >= 11 is 0. The third-order valence-corrected chi connectivity index (χ3v) is 4.40. The average molecular weight is 396 g/mol. The van der Waals surface area contributed by atoms with Crippen molar-refractivity contribution in [2.75, 3.05) is 11.9 Å². The molecule has 2 rings (SSSR count). The molecule has 0 spiro atoms. The van der Waals surface area contributed by atoms with Crippen LogP contribution in [0.3, 0.4) is 0 Å². The number of hydrogen-bond donors (Lipinski definition) is 3. The highest BCUT2D eigenvalue weighted by atomic mass is 16.5. The molecule has 1 atom stereocenters. The first-order valence-electron chi connectivity index (χ1n) is 9.39. The number of aryl methyl sites for hydroxylation is 2. The Morgan fingerprint density at radius 2 is 1.86 bits per heavy atom. The summed E-state index contributed by atoms with van der Waals surface area (Å²) in [5, 5.41) is 30.8. The van der Waals surface area contributed by atoms with Crippen molar-refractivity contribution < 1.29 is 24.5 Å². The van der Waals surface area contributed by atoms with Crippen LogP contribution in [0.2, 0.25) is 0 Å². The maximum Gasteiger partial charge on any atom is 0.341 e. The van der Waals surface area contributed by atoms with Gasteiger partial charge in [-0.25, -0.2) is 9.59 Å². The molecule has 0 aliphatic rings. The zero-order valence-corrected chi connectivity index (χ0v) is 16.4. The molecule has 2 aromatic carbocycles. The van der Waals surface area contributed by atoms with Crippen molar-refractivity contribution in [2.24, 2.45) is 0 Å². The molecule has 0 fully saturated rings. The molecule has 29 heavy (non-hydrogen) atoms. The van der Waals surface area contributed by atoms with Crippen LogP contribution < -0.4 is 10.1 Å². The zero-order chi connectivity index (χ0) is 21.4. The van der Waals surface area contributed by atoms with Crippen LogP contribution in [0.15, 0.2) is 36.4 Å². The molecule has 0 radical (unpaired) electrons. The second-order valence-electron chi connectivity index (χ2n) is 6.56. The first-order chi connectivity index (χ1) is 13.9. The Kier molecular flexibility index (Phi) is 7.61. The SMILES string of the molecule is CCCc1cc(CC)cc(C(Nc2ccc(C#N)cc2)C(=O)O)c1OCC(=O)O. The molecule has 2 aromatic rings. The van der Waals surface area contributed by atoms with Crippen molar-refractivity contribution in [3.63, 3.8) is 0 Å². The second-order valence-corrected chi connectivity index (χ2v) is 6.56. The Morgan fingerprint density at radius 3 is 2.38 bits per heavy atom. The molecule has 0 bridgehead atoms. The average Bonchev–Trinajstić information content (AvgIpc) is 2.70. The number of anilines is 1. The number of aliphatic carboxylic acids is 2. The summed E-state index contributed by atoms with van der Waals surface area (Å²) in [5.41, 5.74) is 3.10. The predicted molar refractivity (Wildman–Crippen MR) is 108 cm³/mol. The predicted octanol–water partition coefficient (Wildman–Crippen LogP) is 3.77. The van der Waals surface area contributed by atoms with Crippen LogP contribution in [0.1, 0.15) is 48.6 Å². The third-order valence-electron chi connectivity index (χ3n) is 4.40. The lowest BCUT2D eigenvalue weighted by molar-refractivity contribution is -0.139. The van der Waals surface area contributed by atoms with Gasteiger partial charge in [-0.2, -0.15) is 5.26 Å².